The SMILES string of the molecule is Cc1ccc(S(=O)(=O)n2cc(-c3ncc(F)c(CC4CCCC[C@]4(C)C(=O)O)n3)c3cc(Cl)cnc32)cc1. The quantitative estimate of drug-likeness (QED) is 0.326. The summed E-state index contributed by atoms with van der Waals surface area (Å²) in [6, 6.07) is 8.00. The molecule has 3 aromatic heterocycles. The molecule has 8 nitrogen and oxygen atoms in total. The van der Waals surface area contributed by atoms with Crippen molar-refractivity contribution < 1.29 is 22.7 Å². The van der Waals surface area contributed by atoms with Gasteiger partial charge in [0.1, 0.15) is 0 Å². The number of nitrogens with zero attached hydrogens (tertiary/aromatic N) is 4. The molecule has 4 aromatic rings. The molecule has 0 amide bonds. The first-order chi connectivity index (χ1) is 18.0. The Kier molecular flexibility index (Phi) is 6.73. The van der Waals surface area contributed by atoms with Crippen LogP contribution < -0.4 is 0 Å². The molecule has 0 radical (unpaired) electrons. The highest BCUT2D eigenvalue weighted by molar-refractivity contribution is 7.90. The van der Waals surface area contributed by atoms with Gasteiger partial charge in [0.15, 0.2) is 17.3 Å². The van der Waals surface area contributed by atoms with Crippen LogP contribution in [0, 0.1) is 24.1 Å². The lowest BCUT2D eigenvalue weighted by molar-refractivity contribution is -0.153. The van der Waals surface area contributed by atoms with Crippen molar-refractivity contribution in [3.05, 3.63) is 71.0 Å². The summed E-state index contributed by atoms with van der Waals surface area (Å²) in [7, 11) is -4.03. The Bertz CT molecular complexity index is 1660. The van der Waals surface area contributed by atoms with E-state index < -0.39 is 27.2 Å². The second-order valence-corrected chi connectivity index (χ2v) is 12.3. The molecule has 2 atom stereocenters. The van der Waals surface area contributed by atoms with Gasteiger partial charge < -0.3 is 5.11 Å². The van der Waals surface area contributed by atoms with Crippen molar-refractivity contribution in [2.24, 2.45) is 11.3 Å². The van der Waals surface area contributed by atoms with Gasteiger partial charge >= 0.3 is 5.97 Å². The number of carboxylic acids is 1. The standard InChI is InChI=1S/C27H26ClFN4O4S/c1-16-6-8-19(9-7-16)38(36,37)33-15-21(20-12-18(28)13-31-25(20)33)24-30-14-22(29)23(32-24)11-17-5-3-4-10-27(17,2)26(34)35/h6-9,12-15,17H,3-5,10-11H2,1-2H3,(H,34,35)/t17?,27-/m0/s1. The molecular formula is C27H26ClFN4O4S. The maximum atomic E-state index is 14.9. The molecule has 0 bridgehead atoms. The van der Waals surface area contributed by atoms with Crippen LogP contribution in [0.1, 0.15) is 43.9 Å². The second-order valence-electron chi connectivity index (χ2n) is 10.0. The molecule has 1 fully saturated rings. The van der Waals surface area contributed by atoms with Gasteiger partial charge in [-0.1, -0.05) is 42.1 Å². The predicted molar refractivity (Wildman–Crippen MR) is 141 cm³/mol. The number of benzene rings is 1. The minimum absolute atomic E-state index is 0.0780. The smallest absolute Gasteiger partial charge is 0.309 e. The van der Waals surface area contributed by atoms with Gasteiger partial charge in [-0.05, 0) is 57.2 Å². The van der Waals surface area contributed by atoms with Crippen LogP contribution in [0.4, 0.5) is 4.39 Å². The van der Waals surface area contributed by atoms with Crippen LogP contribution in [0.2, 0.25) is 5.02 Å². The molecule has 38 heavy (non-hydrogen) atoms. The van der Waals surface area contributed by atoms with Crippen molar-refractivity contribution >= 4 is 38.6 Å². The average Bonchev–Trinajstić information content (AvgIpc) is 3.26. The molecule has 198 valence electrons. The zero-order chi connectivity index (χ0) is 27.2. The molecule has 3 heterocycles. The van der Waals surface area contributed by atoms with Crippen LogP contribution in [0.5, 0.6) is 0 Å². The molecule has 0 spiro atoms. The number of aromatic nitrogens is 4. The van der Waals surface area contributed by atoms with Crippen LogP contribution in [0.15, 0.2) is 53.8 Å². The van der Waals surface area contributed by atoms with Gasteiger partial charge in [-0.2, -0.15) is 0 Å². The fourth-order valence-corrected chi connectivity index (χ4v) is 6.64. The lowest BCUT2D eigenvalue weighted by Gasteiger charge is -2.38. The van der Waals surface area contributed by atoms with Crippen LogP contribution in [-0.2, 0) is 21.2 Å². The van der Waals surface area contributed by atoms with E-state index >= 15 is 0 Å². The number of carbonyl (C=O) groups is 1. The van der Waals surface area contributed by atoms with Crippen LogP contribution in [-0.4, -0.2) is 38.4 Å². The van der Waals surface area contributed by atoms with Crippen LogP contribution >= 0.6 is 11.6 Å². The number of rotatable bonds is 6. The normalized spacial score (nSPS) is 20.1. The largest absolute Gasteiger partial charge is 0.481 e. The predicted octanol–water partition coefficient (Wildman–Crippen LogP) is 5.65. The Morgan fingerprint density at radius 2 is 1.95 bits per heavy atom. The fraction of sp³-hybridized carbons (Fsp3) is 0.333. The highest BCUT2D eigenvalue weighted by Gasteiger charge is 2.43. The van der Waals surface area contributed by atoms with E-state index in [4.69, 9.17) is 11.6 Å². The third-order valence-electron chi connectivity index (χ3n) is 7.54. The summed E-state index contributed by atoms with van der Waals surface area (Å²) in [6.45, 7) is 3.56. The monoisotopic (exact) mass is 556 g/mol. The molecule has 0 saturated heterocycles. The first-order valence-corrected chi connectivity index (χ1v) is 14.1. The number of fused-ring (bicyclic) bond motifs is 1. The van der Waals surface area contributed by atoms with E-state index in [2.05, 4.69) is 15.0 Å². The highest BCUT2D eigenvalue weighted by Crippen LogP contribution is 2.43. The van der Waals surface area contributed by atoms with E-state index in [1.54, 1.807) is 25.1 Å². The number of aryl methyl sites for hydroxylation is 1. The van der Waals surface area contributed by atoms with Gasteiger partial charge in [-0.25, -0.2) is 31.7 Å². The number of hydrogen-bond acceptors (Lipinski definition) is 6. The second kappa shape index (κ2) is 9.74. The summed E-state index contributed by atoms with van der Waals surface area (Å²) in [4.78, 5) is 25.0. The number of hydrogen-bond donors (Lipinski definition) is 1. The Labute approximate surface area is 224 Å². The minimum Gasteiger partial charge on any atom is -0.481 e. The van der Waals surface area contributed by atoms with Crippen LogP contribution in [0.25, 0.3) is 22.4 Å². The van der Waals surface area contributed by atoms with Gasteiger partial charge in [0.05, 0.1) is 27.2 Å². The van der Waals surface area contributed by atoms with Crippen molar-refractivity contribution in [1.29, 1.82) is 0 Å². The zero-order valence-electron chi connectivity index (χ0n) is 20.9. The number of pyridine rings is 1. The summed E-state index contributed by atoms with van der Waals surface area (Å²) in [5, 5.41) is 10.5. The molecular weight excluding hydrogens is 531 g/mol. The molecule has 0 aliphatic heterocycles. The van der Waals surface area contributed by atoms with Gasteiger partial charge in [0.25, 0.3) is 10.0 Å². The van der Waals surface area contributed by atoms with E-state index in [9.17, 15) is 22.7 Å². The van der Waals surface area contributed by atoms with Gasteiger partial charge in [-0.3, -0.25) is 4.79 Å². The van der Waals surface area contributed by atoms with Crippen LogP contribution in [0.3, 0.4) is 0 Å². The topological polar surface area (TPSA) is 115 Å². The molecule has 1 aliphatic carbocycles. The number of carboxylic acid groups (broad SMARTS) is 1. The summed E-state index contributed by atoms with van der Waals surface area (Å²) < 4.78 is 43.0. The van der Waals surface area contributed by atoms with Gasteiger partial charge in [0.2, 0.25) is 0 Å². The maximum absolute atomic E-state index is 14.9. The molecule has 1 N–H and O–H groups in total. The van der Waals surface area contributed by atoms with Crippen molar-refractivity contribution in [2.45, 2.75) is 50.8 Å². The van der Waals surface area contributed by atoms with Crippen molar-refractivity contribution in [3.63, 3.8) is 0 Å². The zero-order valence-corrected chi connectivity index (χ0v) is 22.4. The third kappa shape index (κ3) is 4.56. The summed E-state index contributed by atoms with van der Waals surface area (Å²) in [5.74, 6) is -1.74. The van der Waals surface area contributed by atoms with E-state index in [0.717, 1.165) is 28.6 Å². The van der Waals surface area contributed by atoms with E-state index in [1.165, 1.54) is 24.5 Å². The Morgan fingerprint density at radius 1 is 1.21 bits per heavy atom. The average molecular weight is 557 g/mol. The highest BCUT2D eigenvalue weighted by atomic mass is 35.5. The van der Waals surface area contributed by atoms with E-state index in [0.29, 0.717) is 23.8 Å². The first-order valence-electron chi connectivity index (χ1n) is 12.2. The lowest BCUT2D eigenvalue weighted by Crippen LogP contribution is -2.39. The first kappa shape index (κ1) is 26.2. The molecule has 5 rings (SSSR count). The summed E-state index contributed by atoms with van der Waals surface area (Å²) in [6.07, 6.45) is 6.71. The number of aliphatic carboxylic acids is 1. The fourth-order valence-electron chi connectivity index (χ4n) is 5.16. The maximum Gasteiger partial charge on any atom is 0.309 e. The minimum atomic E-state index is -4.03. The van der Waals surface area contributed by atoms with Gasteiger partial charge in [0, 0.05) is 23.3 Å². The Hall–Kier alpha value is -3.37. The van der Waals surface area contributed by atoms with E-state index in [1.807, 2.05) is 6.92 Å². The van der Waals surface area contributed by atoms with Crippen molar-refractivity contribution in [1.82, 2.24) is 18.9 Å². The molecule has 1 aromatic carbocycles. The van der Waals surface area contributed by atoms with Crippen molar-refractivity contribution in [2.75, 3.05) is 0 Å². The summed E-state index contributed by atoms with van der Waals surface area (Å²) >= 11 is 6.20. The van der Waals surface area contributed by atoms with Crippen molar-refractivity contribution in [3.8, 4) is 11.4 Å². The number of halogens is 2. The Morgan fingerprint density at radius 3 is 2.66 bits per heavy atom. The third-order valence-corrected chi connectivity index (χ3v) is 9.41. The summed E-state index contributed by atoms with van der Waals surface area (Å²) in [5.41, 5.74) is 0.468. The van der Waals surface area contributed by atoms with E-state index in [-0.39, 0.29) is 39.4 Å². The Balaban J connectivity index is 1.62. The lowest BCUT2D eigenvalue weighted by atomic mass is 9.66. The molecule has 1 unspecified atom stereocenters. The molecule has 1 saturated carbocycles. The van der Waals surface area contributed by atoms with Gasteiger partial charge in [-0.15, -0.1) is 0 Å². The molecule has 1 aliphatic rings. The molecule has 11 heteroatoms.